The van der Waals surface area contributed by atoms with Crippen molar-refractivity contribution in [2.45, 2.75) is 32.7 Å². The predicted molar refractivity (Wildman–Crippen MR) is 70.2 cm³/mol. The average molecular weight is 235 g/mol. The number of nitrogens with one attached hydrogen (secondary N) is 1. The van der Waals surface area contributed by atoms with Crippen molar-refractivity contribution in [1.82, 2.24) is 9.88 Å². The van der Waals surface area contributed by atoms with Gasteiger partial charge in [0.1, 0.15) is 5.69 Å². The summed E-state index contributed by atoms with van der Waals surface area (Å²) in [5, 5.41) is 3.01. The number of aromatic nitrogens is 1. The van der Waals surface area contributed by atoms with Crippen LogP contribution in [0.25, 0.3) is 0 Å². The van der Waals surface area contributed by atoms with Crippen LogP contribution < -0.4 is 5.32 Å². The monoisotopic (exact) mass is 235 g/mol. The SMILES string of the molecule is CCC(CC)N(C)C(=O)c1cc(NC)ccn1. The van der Waals surface area contributed by atoms with E-state index in [2.05, 4.69) is 24.1 Å². The largest absolute Gasteiger partial charge is 0.388 e. The number of carbonyl (C=O) groups is 1. The van der Waals surface area contributed by atoms with Crippen molar-refractivity contribution in [3.63, 3.8) is 0 Å². The smallest absolute Gasteiger partial charge is 0.272 e. The molecule has 0 spiro atoms. The molecule has 4 heteroatoms. The molecule has 1 rings (SSSR count). The maximum atomic E-state index is 12.2. The van der Waals surface area contributed by atoms with Gasteiger partial charge in [0, 0.05) is 32.0 Å². The van der Waals surface area contributed by atoms with E-state index in [0.29, 0.717) is 5.69 Å². The Kier molecular flexibility index (Phi) is 4.94. The standard InChI is InChI=1S/C13H21N3O/c1-5-11(6-2)16(4)13(17)12-9-10(14-3)7-8-15-12/h7-9,11H,5-6H2,1-4H3,(H,14,15). The van der Waals surface area contributed by atoms with E-state index in [-0.39, 0.29) is 11.9 Å². The Morgan fingerprint density at radius 2 is 2.12 bits per heavy atom. The number of amides is 1. The maximum Gasteiger partial charge on any atom is 0.272 e. The first-order chi connectivity index (χ1) is 8.13. The van der Waals surface area contributed by atoms with Crippen molar-refractivity contribution in [1.29, 1.82) is 0 Å². The fourth-order valence-electron chi connectivity index (χ4n) is 1.89. The van der Waals surface area contributed by atoms with E-state index in [1.807, 2.05) is 20.2 Å². The van der Waals surface area contributed by atoms with Crippen LogP contribution in [0.15, 0.2) is 18.3 Å². The summed E-state index contributed by atoms with van der Waals surface area (Å²) >= 11 is 0. The summed E-state index contributed by atoms with van der Waals surface area (Å²) in [5.74, 6) is -0.0178. The molecule has 0 aliphatic carbocycles. The van der Waals surface area contributed by atoms with Crippen molar-refractivity contribution < 1.29 is 4.79 Å². The number of rotatable bonds is 5. The van der Waals surface area contributed by atoms with E-state index in [9.17, 15) is 4.79 Å². The fraction of sp³-hybridized carbons (Fsp3) is 0.538. The summed E-state index contributed by atoms with van der Waals surface area (Å²) in [7, 11) is 3.67. The van der Waals surface area contributed by atoms with Gasteiger partial charge in [0.05, 0.1) is 0 Å². The molecule has 0 aliphatic rings. The van der Waals surface area contributed by atoms with Crippen LogP contribution in [-0.2, 0) is 0 Å². The molecule has 17 heavy (non-hydrogen) atoms. The highest BCUT2D eigenvalue weighted by atomic mass is 16.2. The first-order valence-electron chi connectivity index (χ1n) is 6.05. The van der Waals surface area contributed by atoms with Crippen molar-refractivity contribution in [2.75, 3.05) is 19.4 Å². The van der Waals surface area contributed by atoms with Crippen molar-refractivity contribution in [2.24, 2.45) is 0 Å². The second-order valence-corrected chi connectivity index (χ2v) is 4.07. The molecule has 94 valence electrons. The van der Waals surface area contributed by atoms with Gasteiger partial charge in [0.2, 0.25) is 0 Å². The second-order valence-electron chi connectivity index (χ2n) is 4.07. The molecule has 0 radical (unpaired) electrons. The minimum absolute atomic E-state index is 0.0178. The summed E-state index contributed by atoms with van der Waals surface area (Å²) in [4.78, 5) is 18.1. The third-order valence-corrected chi connectivity index (χ3v) is 3.08. The van der Waals surface area contributed by atoms with Gasteiger partial charge in [-0.05, 0) is 25.0 Å². The van der Waals surface area contributed by atoms with E-state index in [4.69, 9.17) is 0 Å². The molecule has 0 unspecified atom stereocenters. The summed E-state index contributed by atoms with van der Waals surface area (Å²) in [6.45, 7) is 4.19. The van der Waals surface area contributed by atoms with Crippen LogP contribution in [0.4, 0.5) is 5.69 Å². The summed E-state index contributed by atoms with van der Waals surface area (Å²) < 4.78 is 0. The van der Waals surface area contributed by atoms with Crippen LogP contribution in [-0.4, -0.2) is 35.9 Å². The van der Waals surface area contributed by atoms with E-state index in [1.165, 1.54) is 0 Å². The van der Waals surface area contributed by atoms with E-state index >= 15 is 0 Å². The van der Waals surface area contributed by atoms with Gasteiger partial charge in [0.25, 0.3) is 5.91 Å². The topological polar surface area (TPSA) is 45.2 Å². The average Bonchev–Trinajstić information content (AvgIpc) is 2.39. The predicted octanol–water partition coefficient (Wildman–Crippen LogP) is 2.38. The van der Waals surface area contributed by atoms with Crippen molar-refractivity contribution in [3.05, 3.63) is 24.0 Å². The molecule has 0 aromatic carbocycles. The maximum absolute atomic E-state index is 12.2. The van der Waals surface area contributed by atoms with Crippen LogP contribution in [0.2, 0.25) is 0 Å². The zero-order valence-corrected chi connectivity index (χ0v) is 11.0. The van der Waals surface area contributed by atoms with Crippen LogP contribution in [0.1, 0.15) is 37.2 Å². The van der Waals surface area contributed by atoms with Gasteiger partial charge in [-0.25, -0.2) is 0 Å². The van der Waals surface area contributed by atoms with Crippen LogP contribution >= 0.6 is 0 Å². The van der Waals surface area contributed by atoms with E-state index in [1.54, 1.807) is 17.2 Å². The summed E-state index contributed by atoms with van der Waals surface area (Å²) in [6, 6.07) is 3.90. The number of carbonyl (C=O) groups excluding carboxylic acids is 1. The lowest BCUT2D eigenvalue weighted by Gasteiger charge is -2.26. The molecule has 4 nitrogen and oxygen atoms in total. The van der Waals surface area contributed by atoms with E-state index < -0.39 is 0 Å². The summed E-state index contributed by atoms with van der Waals surface area (Å²) in [5.41, 5.74) is 1.40. The number of pyridine rings is 1. The first-order valence-corrected chi connectivity index (χ1v) is 6.05. The Hall–Kier alpha value is -1.58. The second kappa shape index (κ2) is 6.23. The molecule has 0 fully saturated rings. The zero-order chi connectivity index (χ0) is 12.8. The van der Waals surface area contributed by atoms with E-state index in [0.717, 1.165) is 18.5 Å². The zero-order valence-electron chi connectivity index (χ0n) is 11.0. The van der Waals surface area contributed by atoms with Gasteiger partial charge in [0.15, 0.2) is 0 Å². The third kappa shape index (κ3) is 3.19. The Morgan fingerprint density at radius 3 is 2.65 bits per heavy atom. The molecule has 0 aliphatic heterocycles. The van der Waals surface area contributed by atoms with Crippen molar-refractivity contribution in [3.8, 4) is 0 Å². The fourth-order valence-corrected chi connectivity index (χ4v) is 1.89. The Morgan fingerprint density at radius 1 is 1.47 bits per heavy atom. The molecular formula is C13H21N3O. The number of anilines is 1. The number of nitrogens with zero attached hydrogens (tertiary/aromatic N) is 2. The molecule has 0 saturated carbocycles. The molecule has 0 atom stereocenters. The van der Waals surface area contributed by atoms with Gasteiger partial charge in [-0.2, -0.15) is 0 Å². The molecular weight excluding hydrogens is 214 g/mol. The van der Waals surface area contributed by atoms with Crippen LogP contribution in [0.3, 0.4) is 0 Å². The quantitative estimate of drug-likeness (QED) is 0.852. The highest BCUT2D eigenvalue weighted by molar-refractivity contribution is 5.93. The molecule has 1 aromatic heterocycles. The lowest BCUT2D eigenvalue weighted by Crippen LogP contribution is -2.36. The van der Waals surface area contributed by atoms with Gasteiger partial charge < -0.3 is 10.2 Å². The third-order valence-electron chi connectivity index (χ3n) is 3.08. The minimum Gasteiger partial charge on any atom is -0.388 e. The lowest BCUT2D eigenvalue weighted by molar-refractivity contribution is 0.0718. The molecule has 1 aromatic rings. The molecule has 1 heterocycles. The highest BCUT2D eigenvalue weighted by Crippen LogP contribution is 2.13. The molecule has 1 N–H and O–H groups in total. The molecule has 0 bridgehead atoms. The molecule has 0 saturated heterocycles. The Balaban J connectivity index is 2.87. The lowest BCUT2D eigenvalue weighted by atomic mass is 10.1. The van der Waals surface area contributed by atoms with Gasteiger partial charge in [-0.15, -0.1) is 0 Å². The number of hydrogen-bond acceptors (Lipinski definition) is 3. The van der Waals surface area contributed by atoms with Crippen LogP contribution in [0, 0.1) is 0 Å². The minimum atomic E-state index is -0.0178. The first kappa shape index (κ1) is 13.5. The highest BCUT2D eigenvalue weighted by Gasteiger charge is 2.19. The van der Waals surface area contributed by atoms with Gasteiger partial charge >= 0.3 is 0 Å². The van der Waals surface area contributed by atoms with Gasteiger partial charge in [-0.3, -0.25) is 9.78 Å². The normalized spacial score (nSPS) is 10.4. The summed E-state index contributed by atoms with van der Waals surface area (Å²) in [6.07, 6.45) is 3.58. The Bertz CT molecular complexity index is 375. The van der Waals surface area contributed by atoms with Gasteiger partial charge in [-0.1, -0.05) is 13.8 Å². The Labute approximate surface area is 103 Å². The van der Waals surface area contributed by atoms with Crippen molar-refractivity contribution >= 4 is 11.6 Å². The molecule has 1 amide bonds. The number of hydrogen-bond donors (Lipinski definition) is 1. The van der Waals surface area contributed by atoms with Crippen LogP contribution in [0.5, 0.6) is 0 Å².